The van der Waals surface area contributed by atoms with E-state index < -0.39 is 0 Å². The average Bonchev–Trinajstić information content (AvgIpc) is 2.39. The van der Waals surface area contributed by atoms with Gasteiger partial charge in [0.1, 0.15) is 0 Å². The van der Waals surface area contributed by atoms with Gasteiger partial charge in [0.2, 0.25) is 0 Å². The molecule has 0 aliphatic carbocycles. The maximum Gasteiger partial charge on any atom is 0.0367 e. The van der Waals surface area contributed by atoms with Crippen molar-refractivity contribution in [1.29, 1.82) is 0 Å². The van der Waals surface area contributed by atoms with E-state index in [0.29, 0.717) is 6.04 Å². The minimum absolute atomic E-state index is 0.548. The summed E-state index contributed by atoms with van der Waals surface area (Å²) >= 11 is 0. The van der Waals surface area contributed by atoms with Gasteiger partial charge in [0.15, 0.2) is 0 Å². The number of hydrogen-bond acceptors (Lipinski definition) is 2. The van der Waals surface area contributed by atoms with E-state index in [1.54, 1.807) is 0 Å². The van der Waals surface area contributed by atoms with Crippen molar-refractivity contribution in [2.45, 2.75) is 39.7 Å². The fraction of sp³-hybridized carbons (Fsp3) is 0.625. The van der Waals surface area contributed by atoms with Gasteiger partial charge in [-0.15, -0.1) is 0 Å². The highest BCUT2D eigenvalue weighted by atomic mass is 15.1. The Hall–Kier alpha value is -1.18. The van der Waals surface area contributed by atoms with Gasteiger partial charge >= 0.3 is 0 Å². The van der Waals surface area contributed by atoms with Gasteiger partial charge in [-0.2, -0.15) is 0 Å². The molecule has 0 radical (unpaired) electrons. The van der Waals surface area contributed by atoms with Gasteiger partial charge < -0.3 is 9.80 Å². The second kappa shape index (κ2) is 5.64. The summed E-state index contributed by atoms with van der Waals surface area (Å²) in [6.45, 7) is 9.22. The van der Waals surface area contributed by atoms with Gasteiger partial charge in [0.05, 0.1) is 0 Å². The normalized spacial score (nSPS) is 17.3. The lowest BCUT2D eigenvalue weighted by molar-refractivity contribution is 0.438. The van der Waals surface area contributed by atoms with Crippen LogP contribution in [0, 0.1) is 5.92 Å². The summed E-state index contributed by atoms with van der Waals surface area (Å²) in [4.78, 5) is 4.82. The maximum atomic E-state index is 2.51. The Morgan fingerprint density at radius 2 is 1.67 bits per heavy atom. The zero-order valence-electron chi connectivity index (χ0n) is 12.2. The van der Waals surface area contributed by atoms with Crippen molar-refractivity contribution >= 4 is 11.4 Å². The number of benzene rings is 1. The summed E-state index contributed by atoms with van der Waals surface area (Å²) in [5.74, 6) is 0.896. The first-order chi connectivity index (χ1) is 8.58. The second-order valence-electron chi connectivity index (χ2n) is 5.89. The molecule has 0 unspecified atom stereocenters. The van der Waals surface area contributed by atoms with E-state index in [2.05, 4.69) is 61.9 Å². The molecule has 1 aromatic carbocycles. The first-order valence-electron chi connectivity index (χ1n) is 7.15. The highest BCUT2D eigenvalue weighted by molar-refractivity contribution is 5.56. The van der Waals surface area contributed by atoms with E-state index in [-0.39, 0.29) is 0 Å². The molecule has 0 atom stereocenters. The van der Waals surface area contributed by atoms with Crippen LogP contribution in [0.25, 0.3) is 0 Å². The lowest BCUT2D eigenvalue weighted by Crippen LogP contribution is -2.32. The first-order valence-corrected chi connectivity index (χ1v) is 7.15. The molecule has 0 saturated carbocycles. The Morgan fingerprint density at radius 3 is 2.17 bits per heavy atom. The van der Waals surface area contributed by atoms with Gasteiger partial charge in [-0.25, -0.2) is 0 Å². The fourth-order valence-corrected chi connectivity index (χ4v) is 2.46. The van der Waals surface area contributed by atoms with Gasteiger partial charge in [-0.1, -0.05) is 6.92 Å². The van der Waals surface area contributed by atoms with Crippen LogP contribution in [0.4, 0.5) is 11.4 Å². The van der Waals surface area contributed by atoms with Crippen LogP contribution in [0.5, 0.6) is 0 Å². The molecule has 1 saturated heterocycles. The Morgan fingerprint density at radius 1 is 1.11 bits per heavy atom. The van der Waals surface area contributed by atoms with Crippen molar-refractivity contribution in [2.24, 2.45) is 5.92 Å². The molecule has 1 aromatic rings. The third-order valence-corrected chi connectivity index (χ3v) is 4.18. The van der Waals surface area contributed by atoms with Gasteiger partial charge in [-0.3, -0.25) is 0 Å². The standard InChI is InChI=1S/C16H26N2/c1-13(2)17(4)15-5-7-16(8-6-15)18-11-9-14(3)10-12-18/h5-8,13-14H,9-12H2,1-4H3. The van der Waals surface area contributed by atoms with E-state index in [1.807, 2.05) is 0 Å². The maximum absolute atomic E-state index is 2.51. The summed E-state index contributed by atoms with van der Waals surface area (Å²) in [6.07, 6.45) is 2.65. The molecule has 18 heavy (non-hydrogen) atoms. The largest absolute Gasteiger partial charge is 0.372 e. The van der Waals surface area contributed by atoms with Crippen molar-refractivity contribution in [3.05, 3.63) is 24.3 Å². The number of nitrogens with zero attached hydrogens (tertiary/aromatic N) is 2. The predicted molar refractivity (Wildman–Crippen MR) is 80.6 cm³/mol. The fourth-order valence-electron chi connectivity index (χ4n) is 2.46. The number of anilines is 2. The number of piperidine rings is 1. The summed E-state index contributed by atoms with van der Waals surface area (Å²) in [6, 6.07) is 9.57. The van der Waals surface area contributed by atoms with E-state index in [4.69, 9.17) is 0 Å². The molecular formula is C16H26N2. The van der Waals surface area contributed by atoms with Crippen LogP contribution >= 0.6 is 0 Å². The first kappa shape index (κ1) is 13.3. The van der Waals surface area contributed by atoms with E-state index >= 15 is 0 Å². The van der Waals surface area contributed by atoms with Crippen molar-refractivity contribution in [2.75, 3.05) is 29.9 Å². The zero-order chi connectivity index (χ0) is 13.1. The van der Waals surface area contributed by atoms with Crippen LogP contribution in [0.3, 0.4) is 0 Å². The highest BCUT2D eigenvalue weighted by Crippen LogP contribution is 2.25. The average molecular weight is 246 g/mol. The summed E-state index contributed by atoms with van der Waals surface area (Å²) < 4.78 is 0. The molecule has 0 amide bonds. The quantitative estimate of drug-likeness (QED) is 0.801. The van der Waals surface area contributed by atoms with Crippen LogP contribution in [-0.2, 0) is 0 Å². The van der Waals surface area contributed by atoms with Crippen molar-refractivity contribution in [1.82, 2.24) is 0 Å². The molecule has 2 heteroatoms. The minimum Gasteiger partial charge on any atom is -0.372 e. The second-order valence-corrected chi connectivity index (χ2v) is 5.89. The molecule has 1 fully saturated rings. The van der Waals surface area contributed by atoms with Crippen molar-refractivity contribution < 1.29 is 0 Å². The predicted octanol–water partition coefficient (Wildman–Crippen LogP) is 3.77. The van der Waals surface area contributed by atoms with E-state index in [0.717, 1.165) is 5.92 Å². The van der Waals surface area contributed by atoms with E-state index in [9.17, 15) is 0 Å². The molecule has 0 spiro atoms. The highest BCUT2D eigenvalue weighted by Gasteiger charge is 2.16. The Kier molecular flexibility index (Phi) is 4.15. The molecule has 2 nitrogen and oxygen atoms in total. The summed E-state index contributed by atoms with van der Waals surface area (Å²) in [5.41, 5.74) is 2.68. The molecular weight excluding hydrogens is 220 g/mol. The van der Waals surface area contributed by atoms with Crippen LogP contribution < -0.4 is 9.80 Å². The Balaban J connectivity index is 2.03. The lowest BCUT2D eigenvalue weighted by atomic mass is 9.99. The van der Waals surface area contributed by atoms with Crippen LogP contribution in [0.15, 0.2) is 24.3 Å². The molecule has 1 aliphatic heterocycles. The Labute approximate surface area is 112 Å². The molecule has 0 aromatic heterocycles. The molecule has 0 N–H and O–H groups in total. The lowest BCUT2D eigenvalue weighted by Gasteiger charge is -2.32. The molecule has 1 aliphatic rings. The molecule has 2 rings (SSSR count). The van der Waals surface area contributed by atoms with Gasteiger partial charge in [-0.05, 0) is 56.9 Å². The van der Waals surface area contributed by atoms with Gasteiger partial charge in [0.25, 0.3) is 0 Å². The third kappa shape index (κ3) is 2.98. The monoisotopic (exact) mass is 246 g/mol. The van der Waals surface area contributed by atoms with Crippen molar-refractivity contribution in [3.8, 4) is 0 Å². The Bertz CT molecular complexity index is 361. The summed E-state index contributed by atoms with van der Waals surface area (Å²) in [7, 11) is 2.16. The molecule has 100 valence electrons. The van der Waals surface area contributed by atoms with Crippen LogP contribution in [0.1, 0.15) is 33.6 Å². The topological polar surface area (TPSA) is 6.48 Å². The van der Waals surface area contributed by atoms with Gasteiger partial charge in [0, 0.05) is 37.6 Å². The van der Waals surface area contributed by atoms with Crippen LogP contribution in [0.2, 0.25) is 0 Å². The number of hydrogen-bond donors (Lipinski definition) is 0. The third-order valence-electron chi connectivity index (χ3n) is 4.18. The SMILES string of the molecule is CC1CCN(c2ccc(N(C)C(C)C)cc2)CC1. The minimum atomic E-state index is 0.548. The summed E-state index contributed by atoms with van der Waals surface area (Å²) in [5, 5.41) is 0. The zero-order valence-corrected chi connectivity index (χ0v) is 12.2. The van der Waals surface area contributed by atoms with Crippen molar-refractivity contribution in [3.63, 3.8) is 0 Å². The number of rotatable bonds is 3. The van der Waals surface area contributed by atoms with E-state index in [1.165, 1.54) is 37.3 Å². The molecule has 0 bridgehead atoms. The molecule has 1 heterocycles. The smallest absolute Gasteiger partial charge is 0.0367 e. The van der Waals surface area contributed by atoms with Crippen LogP contribution in [-0.4, -0.2) is 26.2 Å².